The first-order chi connectivity index (χ1) is 10.2. The fraction of sp³-hybridized carbons (Fsp3) is 0.611. The number of carbonyl (C=O) groups is 1. The van der Waals surface area contributed by atoms with Gasteiger partial charge in [-0.05, 0) is 60.5 Å². The number of aliphatic hydroxyl groups is 1. The number of aryl methyl sites for hydroxylation is 1. The van der Waals surface area contributed by atoms with Gasteiger partial charge in [0, 0.05) is 19.1 Å². The predicted octanol–water partition coefficient (Wildman–Crippen LogP) is 2.24. The van der Waals surface area contributed by atoms with Crippen molar-refractivity contribution in [2.24, 2.45) is 17.3 Å². The first kappa shape index (κ1) is 13.3. The van der Waals surface area contributed by atoms with E-state index in [4.69, 9.17) is 5.11 Å². The Balaban J connectivity index is 1.40. The summed E-state index contributed by atoms with van der Waals surface area (Å²) < 4.78 is 0. The van der Waals surface area contributed by atoms with E-state index in [9.17, 15) is 4.79 Å². The van der Waals surface area contributed by atoms with Gasteiger partial charge in [0.2, 0.25) is 5.91 Å². The van der Waals surface area contributed by atoms with Crippen LogP contribution in [-0.4, -0.2) is 24.2 Å². The fourth-order valence-corrected chi connectivity index (χ4v) is 4.25. The van der Waals surface area contributed by atoms with Gasteiger partial charge < -0.3 is 10.4 Å². The van der Waals surface area contributed by atoms with E-state index in [-0.39, 0.29) is 23.8 Å². The molecule has 4 rings (SSSR count). The van der Waals surface area contributed by atoms with Gasteiger partial charge in [0.05, 0.1) is 0 Å². The molecule has 1 aromatic rings. The van der Waals surface area contributed by atoms with Crippen LogP contribution in [0.15, 0.2) is 24.3 Å². The minimum atomic E-state index is 0.193. The molecule has 2 fully saturated rings. The molecule has 1 amide bonds. The van der Waals surface area contributed by atoms with Gasteiger partial charge in [0.25, 0.3) is 0 Å². The lowest BCUT2D eigenvalue weighted by Gasteiger charge is -2.14. The summed E-state index contributed by atoms with van der Waals surface area (Å²) >= 11 is 0. The standard InChI is InChI=1S/C18H23NO2/c20-10-9-18(7-8-18)11-19-17(21)16-14-6-5-12-3-1-2-4-13(12)15(14)16/h1-4,14-16,20H,5-11H2,(H,19,21). The molecule has 0 bridgehead atoms. The topological polar surface area (TPSA) is 49.3 Å². The Hall–Kier alpha value is -1.35. The number of aliphatic hydroxyl groups excluding tert-OH is 1. The third-order valence-corrected chi connectivity index (χ3v) is 5.87. The molecule has 3 aliphatic rings. The van der Waals surface area contributed by atoms with Gasteiger partial charge in [-0.3, -0.25) is 4.79 Å². The molecule has 2 N–H and O–H groups in total. The zero-order valence-corrected chi connectivity index (χ0v) is 12.3. The van der Waals surface area contributed by atoms with Crippen LogP contribution in [0.3, 0.4) is 0 Å². The Morgan fingerprint density at radius 3 is 2.90 bits per heavy atom. The Morgan fingerprint density at radius 2 is 2.14 bits per heavy atom. The highest BCUT2D eigenvalue weighted by Gasteiger charge is 2.57. The number of fused-ring (bicyclic) bond motifs is 3. The van der Waals surface area contributed by atoms with Crippen molar-refractivity contribution in [1.29, 1.82) is 0 Å². The van der Waals surface area contributed by atoms with Crippen LogP contribution in [0.2, 0.25) is 0 Å². The first-order valence-corrected chi connectivity index (χ1v) is 8.20. The van der Waals surface area contributed by atoms with Crippen molar-refractivity contribution in [1.82, 2.24) is 5.32 Å². The van der Waals surface area contributed by atoms with Gasteiger partial charge in [0.1, 0.15) is 0 Å². The van der Waals surface area contributed by atoms with Crippen LogP contribution in [-0.2, 0) is 11.2 Å². The van der Waals surface area contributed by atoms with E-state index in [2.05, 4.69) is 29.6 Å². The molecule has 3 atom stereocenters. The van der Waals surface area contributed by atoms with Crippen LogP contribution in [0.25, 0.3) is 0 Å². The first-order valence-electron chi connectivity index (χ1n) is 8.20. The van der Waals surface area contributed by atoms with E-state index < -0.39 is 0 Å². The smallest absolute Gasteiger partial charge is 0.224 e. The van der Waals surface area contributed by atoms with Crippen molar-refractivity contribution in [3.8, 4) is 0 Å². The highest BCUT2D eigenvalue weighted by Crippen LogP contribution is 2.60. The van der Waals surface area contributed by atoms with Crippen LogP contribution >= 0.6 is 0 Å². The quantitative estimate of drug-likeness (QED) is 0.871. The maximum absolute atomic E-state index is 12.5. The third kappa shape index (κ3) is 2.28. The predicted molar refractivity (Wildman–Crippen MR) is 80.9 cm³/mol. The molecule has 112 valence electrons. The van der Waals surface area contributed by atoms with Crippen molar-refractivity contribution < 1.29 is 9.90 Å². The number of nitrogens with one attached hydrogen (secondary N) is 1. The molecule has 3 nitrogen and oxygen atoms in total. The molecule has 0 aliphatic heterocycles. The largest absolute Gasteiger partial charge is 0.396 e. The summed E-state index contributed by atoms with van der Waals surface area (Å²) in [5.74, 6) is 1.46. The van der Waals surface area contributed by atoms with Crippen molar-refractivity contribution >= 4 is 5.91 Å². The molecule has 3 aliphatic carbocycles. The summed E-state index contributed by atoms with van der Waals surface area (Å²) in [5, 5.41) is 12.3. The molecule has 0 spiro atoms. The number of hydrogen-bond acceptors (Lipinski definition) is 2. The second kappa shape index (κ2) is 4.84. The molecule has 1 aromatic carbocycles. The Morgan fingerprint density at radius 1 is 1.33 bits per heavy atom. The SMILES string of the molecule is O=C(NCC1(CCO)CC1)C1C2CCc3ccccc3C21. The second-order valence-electron chi connectivity index (χ2n) is 7.14. The van der Waals surface area contributed by atoms with Crippen LogP contribution < -0.4 is 5.32 Å². The number of carbonyl (C=O) groups excluding carboxylic acids is 1. The van der Waals surface area contributed by atoms with E-state index >= 15 is 0 Å². The average Bonchev–Trinajstić information content (AvgIpc) is 3.40. The van der Waals surface area contributed by atoms with Gasteiger partial charge in [-0.2, -0.15) is 0 Å². The van der Waals surface area contributed by atoms with E-state index in [1.165, 1.54) is 11.1 Å². The molecule has 0 saturated heterocycles. The van der Waals surface area contributed by atoms with Crippen LogP contribution in [0.5, 0.6) is 0 Å². The van der Waals surface area contributed by atoms with E-state index in [0.29, 0.717) is 11.8 Å². The Kier molecular flexibility index (Phi) is 3.07. The molecule has 21 heavy (non-hydrogen) atoms. The molecule has 0 radical (unpaired) electrons. The summed E-state index contributed by atoms with van der Waals surface area (Å²) in [6.45, 7) is 0.988. The number of hydrogen-bond donors (Lipinski definition) is 2. The normalized spacial score (nSPS) is 31.0. The molecule has 3 heteroatoms. The summed E-state index contributed by atoms with van der Waals surface area (Å²) in [6, 6.07) is 8.60. The number of benzene rings is 1. The number of amides is 1. The van der Waals surface area contributed by atoms with Gasteiger partial charge in [-0.1, -0.05) is 24.3 Å². The van der Waals surface area contributed by atoms with Crippen LogP contribution in [0, 0.1) is 17.3 Å². The maximum atomic E-state index is 12.5. The van der Waals surface area contributed by atoms with E-state index in [1.807, 2.05) is 0 Å². The lowest BCUT2D eigenvalue weighted by molar-refractivity contribution is -0.123. The van der Waals surface area contributed by atoms with Crippen molar-refractivity contribution in [2.45, 2.75) is 38.0 Å². The molecule has 2 saturated carbocycles. The van der Waals surface area contributed by atoms with Gasteiger partial charge in [-0.15, -0.1) is 0 Å². The Labute approximate surface area is 125 Å². The summed E-state index contributed by atoms with van der Waals surface area (Å²) in [6.07, 6.45) is 5.40. The lowest BCUT2D eigenvalue weighted by Crippen LogP contribution is -2.32. The van der Waals surface area contributed by atoms with Gasteiger partial charge >= 0.3 is 0 Å². The monoisotopic (exact) mass is 285 g/mol. The zero-order chi connectivity index (χ0) is 14.4. The van der Waals surface area contributed by atoms with Crippen LogP contribution in [0.4, 0.5) is 0 Å². The minimum absolute atomic E-state index is 0.193. The van der Waals surface area contributed by atoms with Crippen molar-refractivity contribution in [3.63, 3.8) is 0 Å². The fourth-order valence-electron chi connectivity index (χ4n) is 4.25. The highest BCUT2D eigenvalue weighted by molar-refractivity contribution is 5.84. The number of rotatable bonds is 5. The molecule has 3 unspecified atom stereocenters. The minimum Gasteiger partial charge on any atom is -0.396 e. The molecule has 0 heterocycles. The molecular formula is C18H23NO2. The zero-order valence-electron chi connectivity index (χ0n) is 12.3. The van der Waals surface area contributed by atoms with Crippen molar-refractivity contribution in [2.75, 3.05) is 13.2 Å². The summed E-state index contributed by atoms with van der Waals surface area (Å²) in [7, 11) is 0. The van der Waals surface area contributed by atoms with Gasteiger partial charge in [-0.25, -0.2) is 0 Å². The van der Waals surface area contributed by atoms with Gasteiger partial charge in [0.15, 0.2) is 0 Å². The van der Waals surface area contributed by atoms with E-state index in [0.717, 1.165) is 38.6 Å². The summed E-state index contributed by atoms with van der Waals surface area (Å²) in [4.78, 5) is 12.5. The average molecular weight is 285 g/mol. The third-order valence-electron chi connectivity index (χ3n) is 5.87. The molecular weight excluding hydrogens is 262 g/mol. The Bertz CT molecular complexity index is 564. The lowest BCUT2D eigenvalue weighted by atomic mass is 9.92. The summed E-state index contributed by atoms with van der Waals surface area (Å²) in [5.41, 5.74) is 3.06. The second-order valence-corrected chi connectivity index (χ2v) is 7.14. The highest BCUT2D eigenvalue weighted by atomic mass is 16.3. The van der Waals surface area contributed by atoms with Crippen LogP contribution in [0.1, 0.15) is 42.7 Å². The maximum Gasteiger partial charge on any atom is 0.224 e. The molecule has 0 aromatic heterocycles. The van der Waals surface area contributed by atoms with E-state index in [1.54, 1.807) is 0 Å². The van der Waals surface area contributed by atoms with Crippen molar-refractivity contribution in [3.05, 3.63) is 35.4 Å².